The van der Waals surface area contributed by atoms with Gasteiger partial charge in [-0.15, -0.1) is 0 Å². The smallest absolute Gasteiger partial charge is 0.257 e. The second-order valence-corrected chi connectivity index (χ2v) is 5.42. The average Bonchev–Trinajstić information content (AvgIpc) is 2.67. The van der Waals surface area contributed by atoms with Gasteiger partial charge < -0.3 is 0 Å². The summed E-state index contributed by atoms with van der Waals surface area (Å²) in [5.41, 5.74) is 0. The van der Waals surface area contributed by atoms with Gasteiger partial charge in [-0.3, -0.25) is 5.10 Å². The average molecular weight is 282 g/mol. The molecule has 0 saturated carbocycles. The van der Waals surface area contributed by atoms with Crippen molar-refractivity contribution in [3.05, 3.63) is 12.3 Å². The highest BCUT2D eigenvalue weighted by Gasteiger charge is 2.15. The number of aromatic amines is 1. The Morgan fingerprint density at radius 2 is 2.43 bits per heavy atom. The van der Waals surface area contributed by atoms with Crippen molar-refractivity contribution in [3.63, 3.8) is 0 Å². The zero-order chi connectivity index (χ0) is 10.6. The number of hydrogen-bond acceptors (Lipinski definition) is 3. The van der Waals surface area contributed by atoms with Crippen LogP contribution in [0.2, 0.25) is 0 Å². The Hall–Kier alpha value is -0.400. The fraction of sp³-hybridized carbons (Fsp3) is 0.571. The monoisotopic (exact) mass is 281 g/mol. The molecule has 0 aromatic carbocycles. The van der Waals surface area contributed by atoms with Crippen molar-refractivity contribution >= 4 is 26.0 Å². The molecule has 1 aromatic heterocycles. The molecule has 0 saturated heterocycles. The molecule has 0 aliphatic carbocycles. The van der Waals surface area contributed by atoms with Crippen LogP contribution in [0, 0.1) is 5.92 Å². The van der Waals surface area contributed by atoms with Crippen LogP contribution in [0.1, 0.15) is 6.92 Å². The molecule has 2 N–H and O–H groups in total. The molecule has 1 rings (SSSR count). The lowest BCUT2D eigenvalue weighted by Crippen LogP contribution is -2.29. The van der Waals surface area contributed by atoms with Crippen LogP contribution < -0.4 is 4.72 Å². The van der Waals surface area contributed by atoms with Gasteiger partial charge in [0, 0.05) is 11.9 Å². The number of sulfonamides is 1. The van der Waals surface area contributed by atoms with Crippen LogP contribution in [0.5, 0.6) is 0 Å². The zero-order valence-electron chi connectivity index (χ0n) is 7.70. The first-order valence-electron chi connectivity index (χ1n) is 4.11. The van der Waals surface area contributed by atoms with E-state index in [1.165, 1.54) is 12.3 Å². The van der Waals surface area contributed by atoms with E-state index in [0.717, 1.165) is 5.33 Å². The van der Waals surface area contributed by atoms with Crippen LogP contribution in [0.25, 0.3) is 0 Å². The minimum Gasteiger partial charge on any atom is -0.266 e. The summed E-state index contributed by atoms with van der Waals surface area (Å²) < 4.78 is 25.5. The number of H-pyrrole nitrogens is 1. The summed E-state index contributed by atoms with van der Waals surface area (Å²) in [5.74, 6) is 0.257. The molecule has 0 aliphatic heterocycles. The Morgan fingerprint density at radius 3 is 2.93 bits per heavy atom. The van der Waals surface area contributed by atoms with Gasteiger partial charge in [0.2, 0.25) is 0 Å². The van der Waals surface area contributed by atoms with E-state index in [4.69, 9.17) is 0 Å². The fourth-order valence-corrected chi connectivity index (χ4v) is 2.08. The summed E-state index contributed by atoms with van der Waals surface area (Å²) in [5, 5.41) is 6.85. The Bertz CT molecular complexity index is 362. The lowest BCUT2D eigenvalue weighted by atomic mass is 10.2. The molecule has 0 aliphatic rings. The predicted molar refractivity (Wildman–Crippen MR) is 56.7 cm³/mol. The Labute approximate surface area is 91.5 Å². The summed E-state index contributed by atoms with van der Waals surface area (Å²) in [7, 11) is -3.41. The SMILES string of the molecule is CC(CBr)CNS(=O)(=O)c1ccn[nH]1. The van der Waals surface area contributed by atoms with E-state index in [1.807, 2.05) is 6.92 Å². The maximum Gasteiger partial charge on any atom is 0.257 e. The maximum atomic E-state index is 11.5. The molecular formula is C7H12BrN3O2S. The van der Waals surface area contributed by atoms with Gasteiger partial charge in [-0.2, -0.15) is 5.10 Å². The predicted octanol–water partition coefficient (Wildman–Crippen LogP) is 0.719. The number of halogens is 1. The lowest BCUT2D eigenvalue weighted by Gasteiger charge is -2.08. The van der Waals surface area contributed by atoms with E-state index in [9.17, 15) is 8.42 Å². The van der Waals surface area contributed by atoms with Crippen LogP contribution in [-0.4, -0.2) is 30.5 Å². The largest absolute Gasteiger partial charge is 0.266 e. The second kappa shape index (κ2) is 4.90. The third-order valence-corrected chi connectivity index (χ3v) is 4.11. The standard InChI is InChI=1S/C7H12BrN3O2S/c1-6(4-8)5-10-14(12,13)7-2-3-9-11-7/h2-3,6,10H,4-5H2,1H3,(H,9,11). The molecule has 0 fully saturated rings. The Balaban J connectivity index is 2.60. The van der Waals surface area contributed by atoms with E-state index in [0.29, 0.717) is 6.54 Å². The normalized spacial score (nSPS) is 14.1. The number of rotatable bonds is 5. The summed E-state index contributed by atoms with van der Waals surface area (Å²) in [6, 6.07) is 1.42. The van der Waals surface area contributed by atoms with Gasteiger partial charge in [0.1, 0.15) is 0 Å². The van der Waals surface area contributed by atoms with E-state index in [-0.39, 0.29) is 10.9 Å². The van der Waals surface area contributed by atoms with Crippen molar-refractivity contribution in [1.82, 2.24) is 14.9 Å². The molecule has 0 amide bonds. The van der Waals surface area contributed by atoms with Crippen molar-refractivity contribution in [2.24, 2.45) is 5.92 Å². The van der Waals surface area contributed by atoms with Gasteiger partial charge >= 0.3 is 0 Å². The first-order valence-corrected chi connectivity index (χ1v) is 6.71. The van der Waals surface area contributed by atoms with Crippen LogP contribution in [0.15, 0.2) is 17.3 Å². The number of alkyl halides is 1. The number of aromatic nitrogens is 2. The minimum atomic E-state index is -3.41. The van der Waals surface area contributed by atoms with Gasteiger partial charge in [-0.05, 0) is 12.0 Å². The highest BCUT2D eigenvalue weighted by molar-refractivity contribution is 9.09. The van der Waals surface area contributed by atoms with E-state index in [1.54, 1.807) is 0 Å². The minimum absolute atomic E-state index is 0.0965. The first-order chi connectivity index (χ1) is 6.56. The molecule has 0 radical (unpaired) electrons. The van der Waals surface area contributed by atoms with Crippen LogP contribution in [0.4, 0.5) is 0 Å². The number of nitrogens with zero attached hydrogens (tertiary/aromatic N) is 1. The van der Waals surface area contributed by atoms with Gasteiger partial charge in [0.25, 0.3) is 10.0 Å². The van der Waals surface area contributed by atoms with Gasteiger partial charge in [-0.1, -0.05) is 22.9 Å². The van der Waals surface area contributed by atoms with Crippen LogP contribution >= 0.6 is 15.9 Å². The summed E-state index contributed by atoms with van der Waals surface area (Å²) >= 11 is 3.28. The first kappa shape index (κ1) is 11.7. The Morgan fingerprint density at radius 1 is 1.71 bits per heavy atom. The molecule has 1 unspecified atom stereocenters. The highest BCUT2D eigenvalue weighted by Crippen LogP contribution is 2.04. The third-order valence-electron chi connectivity index (χ3n) is 1.65. The molecule has 1 heterocycles. The van der Waals surface area contributed by atoms with Crippen molar-refractivity contribution in [3.8, 4) is 0 Å². The van der Waals surface area contributed by atoms with Crippen molar-refractivity contribution < 1.29 is 8.42 Å². The highest BCUT2D eigenvalue weighted by atomic mass is 79.9. The van der Waals surface area contributed by atoms with Crippen molar-refractivity contribution in [1.29, 1.82) is 0 Å². The van der Waals surface area contributed by atoms with E-state index < -0.39 is 10.0 Å². The second-order valence-electron chi connectivity index (χ2n) is 3.03. The van der Waals surface area contributed by atoms with Crippen molar-refractivity contribution in [2.45, 2.75) is 11.9 Å². The van der Waals surface area contributed by atoms with Gasteiger partial charge in [-0.25, -0.2) is 13.1 Å². The molecule has 1 aromatic rings. The van der Waals surface area contributed by atoms with Crippen LogP contribution in [-0.2, 0) is 10.0 Å². The van der Waals surface area contributed by atoms with Crippen molar-refractivity contribution in [2.75, 3.05) is 11.9 Å². The van der Waals surface area contributed by atoms with E-state index in [2.05, 4.69) is 30.8 Å². The molecule has 0 bridgehead atoms. The summed E-state index contributed by atoms with van der Waals surface area (Å²) in [6.45, 7) is 2.36. The third kappa shape index (κ3) is 3.07. The number of hydrogen-bond donors (Lipinski definition) is 2. The quantitative estimate of drug-likeness (QED) is 0.781. The Kier molecular flexibility index (Phi) is 4.09. The van der Waals surface area contributed by atoms with Gasteiger partial charge in [0.15, 0.2) is 5.03 Å². The molecule has 7 heteroatoms. The summed E-state index contributed by atoms with van der Waals surface area (Å²) in [6.07, 6.45) is 1.41. The maximum absolute atomic E-state index is 11.5. The molecule has 0 spiro atoms. The molecule has 14 heavy (non-hydrogen) atoms. The number of nitrogens with one attached hydrogen (secondary N) is 2. The molecule has 80 valence electrons. The molecule has 1 atom stereocenters. The molecular weight excluding hydrogens is 270 g/mol. The lowest BCUT2D eigenvalue weighted by molar-refractivity contribution is 0.559. The molecule has 5 nitrogen and oxygen atoms in total. The fourth-order valence-electron chi connectivity index (χ4n) is 0.777. The van der Waals surface area contributed by atoms with Crippen LogP contribution in [0.3, 0.4) is 0 Å². The summed E-state index contributed by atoms with van der Waals surface area (Å²) in [4.78, 5) is 0. The van der Waals surface area contributed by atoms with E-state index >= 15 is 0 Å². The van der Waals surface area contributed by atoms with Gasteiger partial charge in [0.05, 0.1) is 6.20 Å². The zero-order valence-corrected chi connectivity index (χ0v) is 10.1. The topological polar surface area (TPSA) is 74.8 Å².